The lowest BCUT2D eigenvalue weighted by Gasteiger charge is -2.04. The topological polar surface area (TPSA) is 52.2 Å². The van der Waals surface area contributed by atoms with Crippen LogP contribution in [0.15, 0.2) is 27.4 Å². The summed E-state index contributed by atoms with van der Waals surface area (Å²) in [5.41, 5.74) is 1.94. The van der Waals surface area contributed by atoms with E-state index in [9.17, 15) is 9.59 Å². The van der Waals surface area contributed by atoms with Crippen molar-refractivity contribution < 1.29 is 9.21 Å². The number of hydrogen-bond acceptors (Lipinski definition) is 3. The van der Waals surface area contributed by atoms with E-state index in [1.807, 2.05) is 12.1 Å². The summed E-state index contributed by atoms with van der Waals surface area (Å²) < 4.78 is 7.05. The number of oxazole rings is 1. The van der Waals surface area contributed by atoms with E-state index in [0.717, 1.165) is 24.8 Å². The second kappa shape index (κ2) is 5.61. The van der Waals surface area contributed by atoms with Gasteiger partial charge in [0.1, 0.15) is 0 Å². The Balaban J connectivity index is 1.91. The Kier molecular flexibility index (Phi) is 3.97. The molecule has 1 aliphatic rings. The van der Waals surface area contributed by atoms with Gasteiger partial charge in [0.25, 0.3) is 0 Å². The van der Waals surface area contributed by atoms with Gasteiger partial charge >= 0.3 is 5.76 Å². The molecule has 0 atom stereocenters. The number of Topliss-reactive ketones (excluding diaryl/α,β-unsaturated/α-hetero) is 1. The number of benzene rings is 1. The molecule has 24 heavy (non-hydrogen) atoms. The predicted molar refractivity (Wildman–Crippen MR) is 95.4 cm³/mol. The zero-order chi connectivity index (χ0) is 17.7. The fourth-order valence-electron chi connectivity index (χ4n) is 3.97. The Morgan fingerprint density at radius 3 is 2.42 bits per heavy atom. The Morgan fingerprint density at radius 2 is 1.83 bits per heavy atom. The van der Waals surface area contributed by atoms with Gasteiger partial charge in [-0.05, 0) is 35.4 Å². The van der Waals surface area contributed by atoms with E-state index in [-0.39, 0.29) is 28.3 Å². The average molecular weight is 329 g/mol. The van der Waals surface area contributed by atoms with Crippen LogP contribution in [0.1, 0.15) is 64.2 Å². The fourth-order valence-corrected chi connectivity index (χ4v) is 3.97. The highest BCUT2D eigenvalue weighted by atomic mass is 16.4. The van der Waals surface area contributed by atoms with Gasteiger partial charge in [-0.1, -0.05) is 47.5 Å². The highest BCUT2D eigenvalue weighted by Gasteiger charge is 2.67. The van der Waals surface area contributed by atoms with Crippen molar-refractivity contribution >= 4 is 16.9 Å². The third kappa shape index (κ3) is 2.43. The summed E-state index contributed by atoms with van der Waals surface area (Å²) in [5.74, 6) is -0.174. The first-order valence-electron chi connectivity index (χ1n) is 8.89. The minimum absolute atomic E-state index is 0.00591. The summed E-state index contributed by atoms with van der Waals surface area (Å²) in [6, 6.07) is 5.42. The number of unbranched alkanes of at least 4 members (excludes halogenated alkanes) is 2. The number of fused-ring (bicyclic) bond motifs is 1. The van der Waals surface area contributed by atoms with Gasteiger partial charge < -0.3 is 4.42 Å². The van der Waals surface area contributed by atoms with Crippen molar-refractivity contribution in [3.05, 3.63) is 34.3 Å². The van der Waals surface area contributed by atoms with Gasteiger partial charge in [0, 0.05) is 18.0 Å². The second-order valence-corrected chi connectivity index (χ2v) is 8.15. The van der Waals surface area contributed by atoms with Crippen molar-refractivity contribution in [2.45, 2.75) is 60.4 Å². The molecule has 0 bridgehead atoms. The van der Waals surface area contributed by atoms with Crippen LogP contribution in [0.2, 0.25) is 0 Å². The van der Waals surface area contributed by atoms with Crippen LogP contribution in [0.5, 0.6) is 0 Å². The minimum Gasteiger partial charge on any atom is -0.408 e. The minimum atomic E-state index is -0.335. The number of nitrogens with zero attached hydrogens (tertiary/aromatic N) is 1. The monoisotopic (exact) mass is 329 g/mol. The summed E-state index contributed by atoms with van der Waals surface area (Å²) >= 11 is 0. The maximum Gasteiger partial charge on any atom is 0.419 e. The third-order valence-electron chi connectivity index (χ3n) is 6.22. The fraction of sp³-hybridized carbons (Fsp3) is 0.600. The average Bonchev–Trinajstić information content (AvgIpc) is 2.76. The zero-order valence-corrected chi connectivity index (χ0v) is 15.3. The maximum atomic E-state index is 12.9. The van der Waals surface area contributed by atoms with Crippen molar-refractivity contribution in [2.24, 2.45) is 16.7 Å². The number of rotatable bonds is 6. The van der Waals surface area contributed by atoms with Crippen molar-refractivity contribution in [1.29, 1.82) is 0 Å². The van der Waals surface area contributed by atoms with E-state index >= 15 is 0 Å². The number of aromatic nitrogens is 1. The van der Waals surface area contributed by atoms with E-state index in [4.69, 9.17) is 4.42 Å². The number of carbonyl (C=O) groups excluding carboxylic acids is 1. The van der Waals surface area contributed by atoms with E-state index in [0.29, 0.717) is 17.7 Å². The normalized spacial score (nSPS) is 18.9. The number of hydrogen-bond donors (Lipinski definition) is 0. The Bertz CT molecular complexity index is 824. The molecule has 0 amide bonds. The van der Waals surface area contributed by atoms with Crippen LogP contribution in [-0.2, 0) is 6.54 Å². The van der Waals surface area contributed by atoms with Gasteiger partial charge in [-0.15, -0.1) is 0 Å². The van der Waals surface area contributed by atoms with Gasteiger partial charge in [0.2, 0.25) is 0 Å². The molecule has 1 heterocycles. The molecule has 4 heteroatoms. The summed E-state index contributed by atoms with van der Waals surface area (Å²) in [6.45, 7) is 11.3. The van der Waals surface area contributed by atoms with E-state index in [2.05, 4.69) is 34.6 Å². The summed E-state index contributed by atoms with van der Waals surface area (Å²) in [7, 11) is 0. The molecule has 0 N–H and O–H groups in total. The molecule has 1 aromatic carbocycles. The summed E-state index contributed by atoms with van der Waals surface area (Å²) in [4.78, 5) is 24.9. The molecule has 0 saturated heterocycles. The SMILES string of the molecule is CCCCCn1c(=O)oc2cc(C(=O)C3C(C)(C)C3(C)C)ccc21. The molecule has 3 rings (SSSR count). The van der Waals surface area contributed by atoms with Gasteiger partial charge in [-0.25, -0.2) is 4.79 Å². The first-order chi connectivity index (χ1) is 11.2. The number of ketones is 1. The van der Waals surface area contributed by atoms with Crippen LogP contribution in [0.4, 0.5) is 0 Å². The van der Waals surface area contributed by atoms with Crippen LogP contribution in [0, 0.1) is 16.7 Å². The molecule has 4 nitrogen and oxygen atoms in total. The van der Waals surface area contributed by atoms with Crippen molar-refractivity contribution in [1.82, 2.24) is 4.57 Å². The highest BCUT2D eigenvalue weighted by molar-refractivity contribution is 6.03. The quantitative estimate of drug-likeness (QED) is 0.572. The van der Waals surface area contributed by atoms with Crippen molar-refractivity contribution in [2.75, 3.05) is 0 Å². The van der Waals surface area contributed by atoms with E-state index in [1.165, 1.54) is 0 Å². The lowest BCUT2D eigenvalue weighted by atomic mass is 10.0. The smallest absolute Gasteiger partial charge is 0.408 e. The lowest BCUT2D eigenvalue weighted by molar-refractivity contribution is 0.0945. The lowest BCUT2D eigenvalue weighted by Crippen LogP contribution is -2.14. The molecule has 130 valence electrons. The first kappa shape index (κ1) is 17.0. The Labute approximate surface area is 142 Å². The Morgan fingerprint density at radius 1 is 1.17 bits per heavy atom. The largest absolute Gasteiger partial charge is 0.419 e. The second-order valence-electron chi connectivity index (χ2n) is 8.15. The highest BCUT2D eigenvalue weighted by Crippen LogP contribution is 2.69. The number of carbonyl (C=O) groups is 1. The van der Waals surface area contributed by atoms with Gasteiger partial charge in [-0.3, -0.25) is 9.36 Å². The molecule has 2 aromatic rings. The molecule has 1 fully saturated rings. The molecular formula is C20H27NO3. The van der Waals surface area contributed by atoms with Gasteiger partial charge in [-0.2, -0.15) is 0 Å². The van der Waals surface area contributed by atoms with Crippen LogP contribution in [0.25, 0.3) is 11.1 Å². The molecule has 0 unspecified atom stereocenters. The van der Waals surface area contributed by atoms with Crippen molar-refractivity contribution in [3.63, 3.8) is 0 Å². The zero-order valence-electron chi connectivity index (χ0n) is 15.3. The van der Waals surface area contributed by atoms with E-state index in [1.54, 1.807) is 10.6 Å². The Hall–Kier alpha value is -1.84. The van der Waals surface area contributed by atoms with Crippen LogP contribution in [-0.4, -0.2) is 10.4 Å². The summed E-state index contributed by atoms with van der Waals surface area (Å²) in [5, 5.41) is 0. The molecule has 1 aromatic heterocycles. The first-order valence-corrected chi connectivity index (χ1v) is 8.89. The molecular weight excluding hydrogens is 302 g/mol. The van der Waals surface area contributed by atoms with Crippen molar-refractivity contribution in [3.8, 4) is 0 Å². The number of aryl methyl sites for hydroxylation is 1. The van der Waals surface area contributed by atoms with Crippen LogP contribution in [0.3, 0.4) is 0 Å². The van der Waals surface area contributed by atoms with E-state index < -0.39 is 0 Å². The molecule has 1 saturated carbocycles. The van der Waals surface area contributed by atoms with Gasteiger partial charge in [0.15, 0.2) is 11.4 Å². The van der Waals surface area contributed by atoms with Gasteiger partial charge in [0.05, 0.1) is 5.52 Å². The molecule has 1 aliphatic carbocycles. The molecule has 0 aliphatic heterocycles. The van der Waals surface area contributed by atoms with Crippen LogP contribution < -0.4 is 5.76 Å². The third-order valence-corrected chi connectivity index (χ3v) is 6.22. The standard InChI is InChI=1S/C20H27NO3/c1-6-7-8-11-21-14-10-9-13(12-15(14)24-18(21)23)16(22)17-19(2,3)20(17,4)5/h9-10,12,17H,6-8,11H2,1-5H3. The molecule has 0 radical (unpaired) electrons. The molecule has 0 spiro atoms. The summed E-state index contributed by atoms with van der Waals surface area (Å²) in [6.07, 6.45) is 3.15. The van der Waals surface area contributed by atoms with Crippen LogP contribution >= 0.6 is 0 Å². The predicted octanol–water partition coefficient (Wildman–Crippen LogP) is 4.65. The maximum absolute atomic E-state index is 12.9.